The molecule has 0 saturated carbocycles. The smallest absolute Gasteiger partial charge is 0.136 e. The standard InChI is InChI=1S/C48H28O/c1-2-13-31-27-45-43(25-30(31)12-1)36-23-22-33(28-44(36)49-45)46-37-17-7-9-19-39(37)48(40-20-10-8-18-38(40)46)47-35-16-6-4-14-32(35)26-42-34-15-5-3-11-29(34)21-24-41(42)47/h1-28H. The number of furan rings is 1. The molecule has 0 aliphatic carbocycles. The van der Waals surface area contributed by atoms with Crippen LogP contribution in [0.1, 0.15) is 0 Å². The molecule has 0 radical (unpaired) electrons. The Morgan fingerprint density at radius 2 is 0.714 bits per heavy atom. The van der Waals surface area contributed by atoms with Crippen molar-refractivity contribution in [1.29, 1.82) is 0 Å². The first-order valence-corrected chi connectivity index (χ1v) is 16.9. The van der Waals surface area contributed by atoms with Crippen LogP contribution in [0.15, 0.2) is 174 Å². The summed E-state index contributed by atoms with van der Waals surface area (Å²) in [6.07, 6.45) is 0. The number of benzene rings is 10. The zero-order chi connectivity index (χ0) is 32.1. The molecular formula is C48H28O. The van der Waals surface area contributed by atoms with Crippen molar-refractivity contribution in [3.05, 3.63) is 170 Å². The van der Waals surface area contributed by atoms with Crippen molar-refractivity contribution < 1.29 is 4.42 Å². The summed E-state index contributed by atoms with van der Waals surface area (Å²) in [5, 5.41) is 17.3. The molecular weight excluding hydrogens is 593 g/mol. The maximum atomic E-state index is 6.57. The quantitative estimate of drug-likeness (QED) is 0.138. The third-order valence-corrected chi connectivity index (χ3v) is 10.6. The fourth-order valence-electron chi connectivity index (χ4n) is 8.42. The summed E-state index contributed by atoms with van der Waals surface area (Å²) >= 11 is 0. The lowest BCUT2D eigenvalue weighted by atomic mass is 9.82. The van der Waals surface area contributed by atoms with Crippen LogP contribution in [-0.4, -0.2) is 0 Å². The molecule has 11 rings (SSSR count). The van der Waals surface area contributed by atoms with Gasteiger partial charge in [0.2, 0.25) is 0 Å². The molecule has 226 valence electrons. The van der Waals surface area contributed by atoms with Gasteiger partial charge in [0.25, 0.3) is 0 Å². The van der Waals surface area contributed by atoms with E-state index in [2.05, 4.69) is 170 Å². The van der Waals surface area contributed by atoms with E-state index in [4.69, 9.17) is 4.42 Å². The van der Waals surface area contributed by atoms with Crippen molar-refractivity contribution in [2.45, 2.75) is 0 Å². The monoisotopic (exact) mass is 620 g/mol. The molecule has 1 nitrogen and oxygen atoms in total. The molecule has 11 aromatic rings. The first kappa shape index (κ1) is 26.6. The number of hydrogen-bond acceptors (Lipinski definition) is 1. The van der Waals surface area contributed by atoms with Crippen LogP contribution < -0.4 is 0 Å². The van der Waals surface area contributed by atoms with E-state index in [-0.39, 0.29) is 0 Å². The van der Waals surface area contributed by atoms with Crippen LogP contribution in [0, 0.1) is 0 Å². The zero-order valence-corrected chi connectivity index (χ0v) is 26.6. The van der Waals surface area contributed by atoms with Crippen LogP contribution in [0.4, 0.5) is 0 Å². The molecule has 0 aliphatic rings. The highest BCUT2D eigenvalue weighted by atomic mass is 16.3. The van der Waals surface area contributed by atoms with Crippen molar-refractivity contribution in [2.24, 2.45) is 0 Å². The van der Waals surface area contributed by atoms with Gasteiger partial charge in [-0.2, -0.15) is 0 Å². The van der Waals surface area contributed by atoms with E-state index in [0.717, 1.165) is 27.5 Å². The van der Waals surface area contributed by atoms with Crippen molar-refractivity contribution in [1.82, 2.24) is 0 Å². The molecule has 0 spiro atoms. The lowest BCUT2D eigenvalue weighted by Crippen LogP contribution is -1.93. The third-order valence-electron chi connectivity index (χ3n) is 10.6. The predicted octanol–water partition coefficient (Wildman–Crippen LogP) is 13.8. The van der Waals surface area contributed by atoms with Gasteiger partial charge in [0.05, 0.1) is 0 Å². The lowest BCUT2D eigenvalue weighted by Gasteiger charge is -2.20. The predicted molar refractivity (Wildman–Crippen MR) is 210 cm³/mol. The minimum atomic E-state index is 0.909. The van der Waals surface area contributed by atoms with Crippen molar-refractivity contribution in [3.63, 3.8) is 0 Å². The first-order chi connectivity index (χ1) is 24.3. The second-order valence-corrected chi connectivity index (χ2v) is 13.2. The average Bonchev–Trinajstić information content (AvgIpc) is 3.51. The molecule has 1 heteroatoms. The topological polar surface area (TPSA) is 13.1 Å². The van der Waals surface area contributed by atoms with E-state index >= 15 is 0 Å². The molecule has 49 heavy (non-hydrogen) atoms. The maximum absolute atomic E-state index is 6.57. The summed E-state index contributed by atoms with van der Waals surface area (Å²) in [7, 11) is 0. The molecule has 0 saturated heterocycles. The van der Waals surface area contributed by atoms with Gasteiger partial charge < -0.3 is 4.42 Å². The van der Waals surface area contributed by atoms with Crippen LogP contribution in [0.5, 0.6) is 0 Å². The van der Waals surface area contributed by atoms with Gasteiger partial charge >= 0.3 is 0 Å². The van der Waals surface area contributed by atoms with Crippen molar-refractivity contribution in [2.75, 3.05) is 0 Å². The summed E-state index contributed by atoms with van der Waals surface area (Å²) in [5.41, 5.74) is 6.79. The normalized spacial score (nSPS) is 12.1. The van der Waals surface area contributed by atoms with E-state index in [9.17, 15) is 0 Å². The fraction of sp³-hybridized carbons (Fsp3) is 0. The van der Waals surface area contributed by atoms with Gasteiger partial charge in [0.15, 0.2) is 0 Å². The Balaban J connectivity index is 1.26. The van der Waals surface area contributed by atoms with Crippen molar-refractivity contribution in [3.8, 4) is 22.3 Å². The first-order valence-electron chi connectivity index (χ1n) is 16.9. The van der Waals surface area contributed by atoms with Gasteiger partial charge in [0, 0.05) is 10.8 Å². The van der Waals surface area contributed by atoms with Crippen LogP contribution in [0.2, 0.25) is 0 Å². The molecule has 0 bridgehead atoms. The Morgan fingerprint density at radius 1 is 0.245 bits per heavy atom. The third kappa shape index (κ3) is 3.82. The molecule has 10 aromatic carbocycles. The summed E-state index contributed by atoms with van der Waals surface area (Å²) in [5.74, 6) is 0. The van der Waals surface area contributed by atoms with E-state index in [1.54, 1.807) is 0 Å². The molecule has 0 aliphatic heterocycles. The highest BCUT2D eigenvalue weighted by Gasteiger charge is 2.21. The van der Waals surface area contributed by atoms with Crippen LogP contribution in [0.25, 0.3) is 109 Å². The summed E-state index contributed by atoms with van der Waals surface area (Å²) < 4.78 is 6.57. The van der Waals surface area contributed by atoms with Gasteiger partial charge in [-0.05, 0) is 117 Å². The minimum Gasteiger partial charge on any atom is -0.456 e. The maximum Gasteiger partial charge on any atom is 0.136 e. The summed E-state index contributed by atoms with van der Waals surface area (Å²) in [4.78, 5) is 0. The number of fused-ring (bicyclic) bond motifs is 10. The molecule has 1 aromatic heterocycles. The van der Waals surface area contributed by atoms with Gasteiger partial charge in [-0.25, -0.2) is 0 Å². The number of hydrogen-bond donors (Lipinski definition) is 0. The van der Waals surface area contributed by atoms with Crippen LogP contribution >= 0.6 is 0 Å². The molecule has 0 atom stereocenters. The zero-order valence-electron chi connectivity index (χ0n) is 26.6. The van der Waals surface area contributed by atoms with Gasteiger partial charge in [-0.3, -0.25) is 0 Å². The Bertz CT molecular complexity index is 3100. The van der Waals surface area contributed by atoms with E-state index in [0.29, 0.717) is 0 Å². The summed E-state index contributed by atoms with van der Waals surface area (Å²) in [6.45, 7) is 0. The highest BCUT2D eigenvalue weighted by molar-refractivity contribution is 6.29. The van der Waals surface area contributed by atoms with Gasteiger partial charge in [-0.15, -0.1) is 0 Å². The number of rotatable bonds is 2. The van der Waals surface area contributed by atoms with Gasteiger partial charge in [-0.1, -0.05) is 140 Å². The van der Waals surface area contributed by atoms with E-state index in [1.165, 1.54) is 81.3 Å². The largest absolute Gasteiger partial charge is 0.456 e. The molecule has 0 N–H and O–H groups in total. The Kier molecular flexibility index (Phi) is 5.45. The van der Waals surface area contributed by atoms with Crippen LogP contribution in [-0.2, 0) is 0 Å². The molecule has 1 heterocycles. The average molecular weight is 621 g/mol. The second-order valence-electron chi connectivity index (χ2n) is 13.2. The Morgan fingerprint density at radius 3 is 1.43 bits per heavy atom. The van der Waals surface area contributed by atoms with E-state index < -0.39 is 0 Å². The molecule has 0 unspecified atom stereocenters. The van der Waals surface area contributed by atoms with Gasteiger partial charge in [0.1, 0.15) is 11.2 Å². The SMILES string of the molecule is c1ccc2cc3c(cc2c1)oc1cc(-c2c4ccccc4c(-c4c5ccccc5cc5c4ccc4ccccc45)c4ccccc24)ccc13. The molecule has 0 fully saturated rings. The highest BCUT2D eigenvalue weighted by Crippen LogP contribution is 2.49. The summed E-state index contributed by atoms with van der Waals surface area (Å²) in [6, 6.07) is 62.2. The van der Waals surface area contributed by atoms with Crippen molar-refractivity contribution >= 4 is 86.6 Å². The minimum absolute atomic E-state index is 0.909. The Labute approximate surface area is 282 Å². The van der Waals surface area contributed by atoms with Crippen LogP contribution in [0.3, 0.4) is 0 Å². The second kappa shape index (κ2) is 10.0. The fourth-order valence-corrected chi connectivity index (χ4v) is 8.42. The lowest BCUT2D eigenvalue weighted by molar-refractivity contribution is 0.669. The van der Waals surface area contributed by atoms with E-state index in [1.807, 2.05) is 0 Å². The Hall–Kier alpha value is -6.44. The molecule has 0 amide bonds.